The highest BCUT2D eigenvalue weighted by molar-refractivity contribution is 7.13. The van der Waals surface area contributed by atoms with E-state index in [-0.39, 0.29) is 12.5 Å². The first-order chi connectivity index (χ1) is 14.2. The van der Waals surface area contributed by atoms with Crippen molar-refractivity contribution in [1.29, 1.82) is 0 Å². The molecule has 0 saturated heterocycles. The highest BCUT2D eigenvalue weighted by atomic mass is 32.1. The molecule has 3 rings (SSSR count). The molecular weight excluding hydrogens is 413 g/mol. The number of nitrogens with one attached hydrogen (secondary N) is 1. The van der Waals surface area contributed by atoms with Crippen molar-refractivity contribution >= 4 is 17.2 Å². The second-order valence-corrected chi connectivity index (χ2v) is 8.01. The Bertz CT molecular complexity index is 998. The van der Waals surface area contributed by atoms with Crippen molar-refractivity contribution in [3.05, 3.63) is 70.7 Å². The van der Waals surface area contributed by atoms with Gasteiger partial charge in [0.05, 0.1) is 5.56 Å². The first-order valence-corrected chi connectivity index (χ1v) is 10.2. The predicted octanol–water partition coefficient (Wildman–Crippen LogP) is 5.79. The Kier molecular flexibility index (Phi) is 6.77. The number of ether oxygens (including phenoxy) is 1. The first-order valence-electron chi connectivity index (χ1n) is 9.35. The molecule has 3 aromatic rings. The van der Waals surface area contributed by atoms with Crippen LogP contribution in [0, 0.1) is 5.92 Å². The second kappa shape index (κ2) is 9.30. The summed E-state index contributed by atoms with van der Waals surface area (Å²) in [6.07, 6.45) is -4.36. The molecule has 30 heavy (non-hydrogen) atoms. The molecule has 0 aliphatic rings. The van der Waals surface area contributed by atoms with Gasteiger partial charge >= 0.3 is 6.18 Å². The van der Waals surface area contributed by atoms with Crippen molar-refractivity contribution in [2.75, 3.05) is 6.54 Å². The van der Waals surface area contributed by atoms with Crippen molar-refractivity contribution in [3.8, 4) is 16.3 Å². The predicted molar refractivity (Wildman–Crippen MR) is 110 cm³/mol. The standard InChI is InChI=1S/C22H21F3N2O2S/c1-14(2)11-26-20(28)19-13-30-21(27-19)16-4-3-5-18(10-16)29-12-15-6-8-17(9-7-15)22(23,24)25/h3-10,13-14H,11-12H2,1-2H3,(H,26,28). The molecule has 1 heterocycles. The van der Waals surface area contributed by atoms with Gasteiger partial charge in [-0.15, -0.1) is 11.3 Å². The average Bonchev–Trinajstić information content (AvgIpc) is 3.21. The molecule has 0 unspecified atom stereocenters. The van der Waals surface area contributed by atoms with E-state index in [9.17, 15) is 18.0 Å². The first kappa shape index (κ1) is 21.8. The lowest BCUT2D eigenvalue weighted by molar-refractivity contribution is -0.137. The number of hydrogen-bond donors (Lipinski definition) is 1. The van der Waals surface area contributed by atoms with Gasteiger partial charge in [-0.25, -0.2) is 4.98 Å². The van der Waals surface area contributed by atoms with Gasteiger partial charge < -0.3 is 10.1 Å². The molecule has 4 nitrogen and oxygen atoms in total. The van der Waals surface area contributed by atoms with E-state index in [1.54, 1.807) is 23.6 Å². The molecule has 0 spiro atoms. The number of carbonyl (C=O) groups is 1. The number of halogens is 3. The fourth-order valence-corrected chi connectivity index (χ4v) is 3.37. The van der Waals surface area contributed by atoms with E-state index in [4.69, 9.17) is 4.74 Å². The van der Waals surface area contributed by atoms with Gasteiger partial charge in [-0.3, -0.25) is 4.79 Å². The summed E-state index contributed by atoms with van der Waals surface area (Å²) in [7, 11) is 0. The summed E-state index contributed by atoms with van der Waals surface area (Å²) >= 11 is 1.36. The number of benzene rings is 2. The summed E-state index contributed by atoms with van der Waals surface area (Å²) in [6.45, 7) is 4.76. The second-order valence-electron chi connectivity index (χ2n) is 7.15. The van der Waals surface area contributed by atoms with Crippen LogP contribution in [0.5, 0.6) is 5.75 Å². The summed E-state index contributed by atoms with van der Waals surface area (Å²) in [5.41, 5.74) is 1.11. The third-order valence-electron chi connectivity index (χ3n) is 4.18. The molecular formula is C22H21F3N2O2S. The molecule has 1 aromatic heterocycles. The van der Waals surface area contributed by atoms with Gasteiger partial charge in [-0.2, -0.15) is 13.2 Å². The Balaban J connectivity index is 1.64. The van der Waals surface area contributed by atoms with E-state index >= 15 is 0 Å². The van der Waals surface area contributed by atoms with Crippen molar-refractivity contribution in [2.45, 2.75) is 26.6 Å². The summed E-state index contributed by atoms with van der Waals surface area (Å²) < 4.78 is 43.6. The van der Waals surface area contributed by atoms with Crippen LogP contribution in [-0.2, 0) is 12.8 Å². The van der Waals surface area contributed by atoms with Gasteiger partial charge in [0.2, 0.25) is 0 Å². The van der Waals surface area contributed by atoms with E-state index < -0.39 is 11.7 Å². The zero-order valence-corrected chi connectivity index (χ0v) is 17.3. The number of hydrogen-bond acceptors (Lipinski definition) is 4. The Morgan fingerprint density at radius 1 is 1.17 bits per heavy atom. The number of aromatic nitrogens is 1. The van der Waals surface area contributed by atoms with Gasteiger partial charge in [0, 0.05) is 17.5 Å². The van der Waals surface area contributed by atoms with Crippen LogP contribution in [0.2, 0.25) is 0 Å². The third kappa shape index (κ3) is 5.82. The van der Waals surface area contributed by atoms with E-state index in [0.717, 1.165) is 17.7 Å². The summed E-state index contributed by atoms with van der Waals surface area (Å²) in [5, 5.41) is 5.23. The maximum absolute atomic E-state index is 12.6. The Labute approximate surface area is 176 Å². The minimum atomic E-state index is -4.36. The van der Waals surface area contributed by atoms with Crippen LogP contribution in [0.1, 0.15) is 35.5 Å². The Morgan fingerprint density at radius 3 is 2.57 bits per heavy atom. The lowest BCUT2D eigenvalue weighted by Crippen LogP contribution is -2.27. The fraction of sp³-hybridized carbons (Fsp3) is 0.273. The van der Waals surface area contributed by atoms with E-state index in [1.165, 1.54) is 23.5 Å². The molecule has 0 aliphatic carbocycles. The third-order valence-corrected chi connectivity index (χ3v) is 5.07. The van der Waals surface area contributed by atoms with Crippen molar-refractivity contribution in [3.63, 3.8) is 0 Å². The average molecular weight is 434 g/mol. The molecule has 2 aromatic carbocycles. The topological polar surface area (TPSA) is 51.2 Å². The number of nitrogens with zero attached hydrogens (tertiary/aromatic N) is 1. The normalized spacial score (nSPS) is 11.5. The van der Waals surface area contributed by atoms with Crippen LogP contribution < -0.4 is 10.1 Å². The maximum atomic E-state index is 12.6. The van der Waals surface area contributed by atoms with Gasteiger partial charge in [0.15, 0.2) is 0 Å². The maximum Gasteiger partial charge on any atom is 0.416 e. The van der Waals surface area contributed by atoms with Crippen molar-refractivity contribution in [2.24, 2.45) is 5.92 Å². The molecule has 0 fully saturated rings. The Morgan fingerprint density at radius 2 is 1.90 bits per heavy atom. The molecule has 1 N–H and O–H groups in total. The van der Waals surface area contributed by atoms with Crippen LogP contribution in [-0.4, -0.2) is 17.4 Å². The molecule has 158 valence electrons. The quantitative estimate of drug-likeness (QED) is 0.512. The summed E-state index contributed by atoms with van der Waals surface area (Å²) in [4.78, 5) is 16.5. The van der Waals surface area contributed by atoms with Gasteiger partial charge in [-0.1, -0.05) is 38.1 Å². The van der Waals surface area contributed by atoms with Crippen molar-refractivity contribution < 1.29 is 22.7 Å². The zero-order chi connectivity index (χ0) is 21.7. The van der Waals surface area contributed by atoms with Gasteiger partial charge in [0.1, 0.15) is 23.1 Å². The summed E-state index contributed by atoms with van der Waals surface area (Å²) in [5.74, 6) is 0.708. The minimum absolute atomic E-state index is 0.141. The molecule has 0 saturated carbocycles. The molecule has 0 aliphatic heterocycles. The molecule has 1 amide bonds. The van der Waals surface area contributed by atoms with Crippen LogP contribution >= 0.6 is 11.3 Å². The lowest BCUT2D eigenvalue weighted by atomic mass is 10.1. The number of thiazole rings is 1. The van der Waals surface area contributed by atoms with E-state index in [0.29, 0.717) is 34.5 Å². The van der Waals surface area contributed by atoms with E-state index in [2.05, 4.69) is 10.3 Å². The van der Waals surface area contributed by atoms with Crippen LogP contribution in [0.15, 0.2) is 53.9 Å². The molecule has 0 bridgehead atoms. The zero-order valence-electron chi connectivity index (χ0n) is 16.5. The smallest absolute Gasteiger partial charge is 0.416 e. The number of alkyl halides is 3. The SMILES string of the molecule is CC(C)CNC(=O)c1csc(-c2cccc(OCc3ccc(C(F)(F)F)cc3)c2)n1. The molecule has 8 heteroatoms. The van der Waals surface area contributed by atoms with E-state index in [1.807, 2.05) is 19.9 Å². The highest BCUT2D eigenvalue weighted by Crippen LogP contribution is 2.30. The number of amides is 1. The molecule has 0 radical (unpaired) electrons. The molecule has 0 atom stereocenters. The highest BCUT2D eigenvalue weighted by Gasteiger charge is 2.29. The van der Waals surface area contributed by atoms with Gasteiger partial charge in [0.25, 0.3) is 5.91 Å². The van der Waals surface area contributed by atoms with Crippen LogP contribution in [0.3, 0.4) is 0 Å². The lowest BCUT2D eigenvalue weighted by Gasteiger charge is -2.09. The van der Waals surface area contributed by atoms with Gasteiger partial charge in [-0.05, 0) is 35.7 Å². The van der Waals surface area contributed by atoms with Crippen LogP contribution in [0.4, 0.5) is 13.2 Å². The van der Waals surface area contributed by atoms with Crippen molar-refractivity contribution in [1.82, 2.24) is 10.3 Å². The van der Waals surface area contributed by atoms with Crippen LogP contribution in [0.25, 0.3) is 10.6 Å². The summed E-state index contributed by atoms with van der Waals surface area (Å²) in [6, 6.07) is 12.1. The monoisotopic (exact) mass is 434 g/mol. The number of rotatable bonds is 7. The Hall–Kier alpha value is -2.87. The fourth-order valence-electron chi connectivity index (χ4n) is 2.57. The largest absolute Gasteiger partial charge is 0.489 e. The number of carbonyl (C=O) groups excluding carboxylic acids is 1. The minimum Gasteiger partial charge on any atom is -0.489 e.